The quantitative estimate of drug-likeness (QED) is 0.441. The Morgan fingerprint density at radius 3 is 2.55 bits per heavy atom. The molecule has 0 aliphatic carbocycles. The minimum atomic E-state index is -3.77. The molecule has 1 amide bonds. The van der Waals surface area contributed by atoms with Crippen molar-refractivity contribution < 1.29 is 17.6 Å². The number of hydrogen-bond donors (Lipinski definition) is 1. The Morgan fingerprint density at radius 2 is 1.77 bits per heavy atom. The van der Waals surface area contributed by atoms with E-state index in [9.17, 15) is 17.6 Å². The second-order valence-corrected chi connectivity index (χ2v) is 9.48. The van der Waals surface area contributed by atoms with Crippen molar-refractivity contribution in [2.24, 2.45) is 0 Å². The van der Waals surface area contributed by atoms with Crippen LogP contribution in [0.1, 0.15) is 5.56 Å². The summed E-state index contributed by atoms with van der Waals surface area (Å²) < 4.78 is 41.3. The highest BCUT2D eigenvalue weighted by Crippen LogP contribution is 2.28. The van der Waals surface area contributed by atoms with E-state index >= 15 is 0 Å². The molecule has 4 aromatic rings. The predicted octanol–water partition coefficient (Wildman–Crippen LogP) is 5.05. The Morgan fingerprint density at radius 1 is 1.00 bits per heavy atom. The van der Waals surface area contributed by atoms with Crippen LogP contribution < -0.4 is 5.32 Å². The number of amides is 1. The number of halogens is 2. The van der Waals surface area contributed by atoms with Crippen molar-refractivity contribution in [3.05, 3.63) is 95.4 Å². The van der Waals surface area contributed by atoms with E-state index in [4.69, 9.17) is 11.6 Å². The number of benzene rings is 3. The molecule has 0 saturated heterocycles. The van der Waals surface area contributed by atoms with Crippen LogP contribution in [0.25, 0.3) is 10.9 Å². The normalized spacial score (nSPS) is 11.5. The van der Waals surface area contributed by atoms with Crippen LogP contribution in [-0.4, -0.2) is 18.9 Å². The molecular weight excluding hydrogens is 439 g/mol. The molecule has 1 heterocycles. The SMILES string of the molecule is O=C(Cn1cc(S(=O)(=O)Cc2cccc(F)c2)c2ccccc21)Nc1cccc(Cl)c1. The Labute approximate surface area is 184 Å². The molecule has 3 aromatic carbocycles. The van der Waals surface area contributed by atoms with Gasteiger partial charge in [-0.1, -0.05) is 48.0 Å². The third-order valence-corrected chi connectivity index (χ3v) is 6.70. The number of fused-ring (bicyclic) bond motifs is 1. The van der Waals surface area contributed by atoms with Crippen molar-refractivity contribution in [2.45, 2.75) is 17.2 Å². The molecule has 8 heteroatoms. The van der Waals surface area contributed by atoms with Crippen LogP contribution in [0.5, 0.6) is 0 Å². The highest BCUT2D eigenvalue weighted by Gasteiger charge is 2.22. The van der Waals surface area contributed by atoms with E-state index in [1.54, 1.807) is 59.2 Å². The van der Waals surface area contributed by atoms with Gasteiger partial charge >= 0.3 is 0 Å². The van der Waals surface area contributed by atoms with Gasteiger partial charge in [0.2, 0.25) is 5.91 Å². The maximum Gasteiger partial charge on any atom is 0.244 e. The van der Waals surface area contributed by atoms with Gasteiger partial charge in [-0.15, -0.1) is 0 Å². The lowest BCUT2D eigenvalue weighted by atomic mass is 10.2. The third kappa shape index (κ3) is 4.78. The number of nitrogens with one attached hydrogen (secondary N) is 1. The molecule has 1 aromatic heterocycles. The van der Waals surface area contributed by atoms with E-state index < -0.39 is 15.7 Å². The zero-order chi connectivity index (χ0) is 22.0. The summed E-state index contributed by atoms with van der Waals surface area (Å²) >= 11 is 5.95. The number of sulfone groups is 1. The average Bonchev–Trinajstić information content (AvgIpc) is 3.07. The topological polar surface area (TPSA) is 68.2 Å². The van der Waals surface area contributed by atoms with Gasteiger partial charge in [0.1, 0.15) is 12.4 Å². The van der Waals surface area contributed by atoms with E-state index in [-0.39, 0.29) is 23.1 Å². The van der Waals surface area contributed by atoms with Gasteiger partial charge in [-0.2, -0.15) is 0 Å². The minimum absolute atomic E-state index is 0.0808. The van der Waals surface area contributed by atoms with Crippen molar-refractivity contribution in [3.8, 4) is 0 Å². The largest absolute Gasteiger partial charge is 0.337 e. The molecule has 0 fully saturated rings. The first-order chi connectivity index (χ1) is 14.8. The van der Waals surface area contributed by atoms with E-state index in [0.717, 1.165) is 0 Å². The van der Waals surface area contributed by atoms with E-state index in [2.05, 4.69) is 5.32 Å². The number of carbonyl (C=O) groups is 1. The van der Waals surface area contributed by atoms with Gasteiger partial charge in [0, 0.05) is 27.8 Å². The molecule has 0 spiro atoms. The first kappa shape index (κ1) is 21.1. The Bertz CT molecular complexity index is 1380. The van der Waals surface area contributed by atoms with Crippen LogP contribution >= 0.6 is 11.6 Å². The van der Waals surface area contributed by atoms with Crippen LogP contribution in [0, 0.1) is 5.82 Å². The average molecular weight is 457 g/mol. The summed E-state index contributed by atoms with van der Waals surface area (Å²) in [6.45, 7) is -0.0808. The molecule has 0 radical (unpaired) electrons. The smallest absolute Gasteiger partial charge is 0.244 e. The molecule has 5 nitrogen and oxygen atoms in total. The van der Waals surface area contributed by atoms with Crippen LogP contribution in [0.4, 0.5) is 10.1 Å². The van der Waals surface area contributed by atoms with Crippen LogP contribution in [0.15, 0.2) is 83.9 Å². The fourth-order valence-corrected chi connectivity index (χ4v) is 5.20. The lowest BCUT2D eigenvalue weighted by Gasteiger charge is -2.07. The molecule has 0 bridgehead atoms. The van der Waals surface area contributed by atoms with Crippen molar-refractivity contribution in [1.82, 2.24) is 4.57 Å². The summed E-state index contributed by atoms with van der Waals surface area (Å²) in [4.78, 5) is 12.7. The Kier molecular flexibility index (Phi) is 5.80. The van der Waals surface area contributed by atoms with E-state index in [1.165, 1.54) is 24.4 Å². The molecule has 4 rings (SSSR count). The Balaban J connectivity index is 1.65. The number of aromatic nitrogens is 1. The highest BCUT2D eigenvalue weighted by atomic mass is 35.5. The van der Waals surface area contributed by atoms with Gasteiger partial charge in [0.25, 0.3) is 0 Å². The standard InChI is InChI=1S/C23H18ClFN2O3S/c24-17-6-4-8-19(12-17)26-23(28)14-27-13-22(20-9-1-2-10-21(20)27)31(29,30)15-16-5-3-7-18(25)11-16/h1-13H,14-15H2,(H,26,28). The van der Waals surface area contributed by atoms with Gasteiger partial charge in [0.05, 0.1) is 10.6 Å². The monoisotopic (exact) mass is 456 g/mol. The minimum Gasteiger partial charge on any atom is -0.337 e. The summed E-state index contributed by atoms with van der Waals surface area (Å²) in [7, 11) is -3.77. The highest BCUT2D eigenvalue weighted by molar-refractivity contribution is 7.90. The number of para-hydroxylation sites is 1. The maximum absolute atomic E-state index is 13.5. The molecule has 31 heavy (non-hydrogen) atoms. The first-order valence-corrected chi connectivity index (χ1v) is 11.5. The fraction of sp³-hybridized carbons (Fsp3) is 0.0870. The molecule has 0 aliphatic rings. The van der Waals surface area contributed by atoms with E-state index in [0.29, 0.717) is 27.2 Å². The summed E-state index contributed by atoms with van der Waals surface area (Å²) in [5.74, 6) is -1.15. The van der Waals surface area contributed by atoms with Crippen molar-refractivity contribution in [3.63, 3.8) is 0 Å². The van der Waals surface area contributed by atoms with Crippen LogP contribution in [0.3, 0.4) is 0 Å². The number of rotatable bonds is 6. The van der Waals surface area contributed by atoms with Gasteiger partial charge in [-0.25, -0.2) is 12.8 Å². The van der Waals surface area contributed by atoms with Gasteiger partial charge < -0.3 is 9.88 Å². The van der Waals surface area contributed by atoms with Crippen LogP contribution in [0.2, 0.25) is 5.02 Å². The molecule has 158 valence electrons. The van der Waals surface area contributed by atoms with Gasteiger partial charge in [-0.05, 0) is 42.0 Å². The second kappa shape index (κ2) is 8.53. The van der Waals surface area contributed by atoms with Crippen LogP contribution in [-0.2, 0) is 26.9 Å². The lowest BCUT2D eigenvalue weighted by molar-refractivity contribution is -0.116. The number of anilines is 1. The van der Waals surface area contributed by atoms with E-state index in [1.807, 2.05) is 0 Å². The molecule has 1 N–H and O–H groups in total. The first-order valence-electron chi connectivity index (χ1n) is 9.42. The van der Waals surface area contributed by atoms with Crippen molar-refractivity contribution >= 4 is 43.9 Å². The second-order valence-electron chi connectivity index (χ2n) is 7.09. The summed E-state index contributed by atoms with van der Waals surface area (Å²) in [6, 6.07) is 19.2. The number of hydrogen-bond acceptors (Lipinski definition) is 3. The van der Waals surface area contributed by atoms with Gasteiger partial charge in [0.15, 0.2) is 9.84 Å². The molecule has 0 atom stereocenters. The van der Waals surface area contributed by atoms with Crippen molar-refractivity contribution in [1.29, 1.82) is 0 Å². The zero-order valence-electron chi connectivity index (χ0n) is 16.3. The van der Waals surface area contributed by atoms with Gasteiger partial charge in [-0.3, -0.25) is 4.79 Å². The zero-order valence-corrected chi connectivity index (χ0v) is 17.8. The number of nitrogens with zero attached hydrogens (tertiary/aromatic N) is 1. The third-order valence-electron chi connectivity index (χ3n) is 4.76. The number of carbonyl (C=O) groups excluding carboxylic acids is 1. The summed E-state index contributed by atoms with van der Waals surface area (Å²) in [5.41, 5.74) is 1.52. The molecular formula is C23H18ClFN2O3S. The molecule has 0 unspecified atom stereocenters. The predicted molar refractivity (Wildman–Crippen MR) is 119 cm³/mol. The summed E-state index contributed by atoms with van der Waals surface area (Å²) in [6.07, 6.45) is 1.46. The Hall–Kier alpha value is -3.16. The lowest BCUT2D eigenvalue weighted by Crippen LogP contribution is -2.18. The maximum atomic E-state index is 13.5. The van der Waals surface area contributed by atoms with Crippen molar-refractivity contribution in [2.75, 3.05) is 5.32 Å². The summed E-state index contributed by atoms with van der Waals surface area (Å²) in [5, 5.41) is 3.76. The molecule has 0 saturated carbocycles. The molecule has 0 aliphatic heterocycles. The fourth-order valence-electron chi connectivity index (χ4n) is 3.44.